The average molecular weight is 313 g/mol. The Morgan fingerprint density at radius 3 is 2.82 bits per heavy atom. The van der Waals surface area contributed by atoms with Gasteiger partial charge < -0.3 is 0 Å². The number of hydrogen-bond donors (Lipinski definition) is 0. The van der Waals surface area contributed by atoms with Crippen molar-refractivity contribution in [1.29, 1.82) is 0 Å². The van der Waals surface area contributed by atoms with Crippen LogP contribution in [-0.2, 0) is 6.42 Å². The summed E-state index contributed by atoms with van der Waals surface area (Å²) in [6, 6.07) is 6.27. The zero-order valence-electron chi connectivity index (χ0n) is 8.95. The Morgan fingerprint density at radius 1 is 1.35 bits per heavy atom. The largest absolute Gasteiger partial charge is 0.294 e. The highest BCUT2D eigenvalue weighted by molar-refractivity contribution is 9.10. The molecule has 1 nitrogen and oxygen atoms in total. The minimum absolute atomic E-state index is 0.0311. The molecule has 1 aromatic heterocycles. The van der Waals surface area contributed by atoms with Gasteiger partial charge in [-0.2, -0.15) is 11.3 Å². The summed E-state index contributed by atoms with van der Waals surface area (Å²) in [6.07, 6.45) is 1.11. The number of rotatable bonds is 4. The monoisotopic (exact) mass is 312 g/mol. The lowest BCUT2D eigenvalue weighted by molar-refractivity contribution is 0.0982. The van der Waals surface area contributed by atoms with Gasteiger partial charge in [-0.25, -0.2) is 4.39 Å². The van der Waals surface area contributed by atoms with E-state index in [1.165, 1.54) is 12.1 Å². The third-order valence-corrected chi connectivity index (χ3v) is 3.60. The molecule has 2 aromatic rings. The molecule has 0 saturated carbocycles. The van der Waals surface area contributed by atoms with Gasteiger partial charge in [-0.05, 0) is 47.0 Å². The molecular formula is C13H10BrFOS. The summed E-state index contributed by atoms with van der Waals surface area (Å²) in [7, 11) is 0. The fourth-order valence-electron chi connectivity index (χ4n) is 1.55. The van der Waals surface area contributed by atoms with E-state index in [1.54, 1.807) is 17.4 Å². The Kier molecular flexibility index (Phi) is 4.07. The maximum absolute atomic E-state index is 13.1. The van der Waals surface area contributed by atoms with Crippen LogP contribution in [-0.4, -0.2) is 5.78 Å². The van der Waals surface area contributed by atoms with Gasteiger partial charge in [-0.15, -0.1) is 0 Å². The smallest absolute Gasteiger partial charge is 0.163 e. The van der Waals surface area contributed by atoms with Crippen LogP contribution >= 0.6 is 27.3 Å². The summed E-state index contributed by atoms with van der Waals surface area (Å²) in [6.45, 7) is 0. The second kappa shape index (κ2) is 5.56. The molecule has 0 atom stereocenters. The van der Waals surface area contributed by atoms with E-state index < -0.39 is 5.82 Å². The van der Waals surface area contributed by atoms with Gasteiger partial charge in [0.25, 0.3) is 0 Å². The predicted octanol–water partition coefficient (Wildman–Crippen LogP) is 4.47. The molecule has 0 radical (unpaired) electrons. The third kappa shape index (κ3) is 3.48. The molecule has 0 unspecified atom stereocenters. The number of ketones is 1. The second-order valence-electron chi connectivity index (χ2n) is 3.71. The van der Waals surface area contributed by atoms with Crippen molar-refractivity contribution in [2.75, 3.05) is 0 Å². The highest BCUT2D eigenvalue weighted by Crippen LogP contribution is 2.17. The molecule has 0 fully saturated rings. The Labute approximate surface area is 111 Å². The zero-order chi connectivity index (χ0) is 12.3. The minimum Gasteiger partial charge on any atom is -0.294 e. The maximum atomic E-state index is 13.1. The Morgan fingerprint density at radius 2 is 2.18 bits per heavy atom. The van der Waals surface area contributed by atoms with E-state index in [2.05, 4.69) is 15.9 Å². The lowest BCUT2D eigenvalue weighted by Gasteiger charge is -2.01. The van der Waals surface area contributed by atoms with Gasteiger partial charge in [-0.3, -0.25) is 4.79 Å². The van der Waals surface area contributed by atoms with Crippen molar-refractivity contribution in [1.82, 2.24) is 0 Å². The number of aryl methyl sites for hydroxylation is 1. The van der Waals surface area contributed by atoms with Crippen LogP contribution in [0.4, 0.5) is 4.39 Å². The normalized spacial score (nSPS) is 10.5. The lowest BCUT2D eigenvalue weighted by Crippen LogP contribution is -2.01. The molecule has 0 saturated heterocycles. The number of Topliss-reactive ketones (excluding diaryl/α,β-unsaturated/α-hetero) is 1. The van der Waals surface area contributed by atoms with Crippen LogP contribution in [0.15, 0.2) is 39.5 Å². The lowest BCUT2D eigenvalue weighted by atomic mass is 10.0. The highest BCUT2D eigenvalue weighted by atomic mass is 79.9. The van der Waals surface area contributed by atoms with Gasteiger partial charge in [0.1, 0.15) is 5.82 Å². The second-order valence-corrected chi connectivity index (χ2v) is 5.41. The van der Waals surface area contributed by atoms with Crippen LogP contribution in [0.25, 0.3) is 0 Å². The van der Waals surface area contributed by atoms with E-state index in [1.807, 2.05) is 16.8 Å². The fraction of sp³-hybridized carbons (Fsp3) is 0.154. The first kappa shape index (κ1) is 12.5. The van der Waals surface area contributed by atoms with E-state index in [-0.39, 0.29) is 5.78 Å². The van der Waals surface area contributed by atoms with Gasteiger partial charge in [0.15, 0.2) is 5.78 Å². The minimum atomic E-state index is -0.391. The number of halogens is 2. The quantitative estimate of drug-likeness (QED) is 0.761. The topological polar surface area (TPSA) is 17.1 Å². The highest BCUT2D eigenvalue weighted by Gasteiger charge is 2.08. The molecule has 1 aromatic carbocycles. The summed E-state index contributed by atoms with van der Waals surface area (Å²) in [5, 5.41) is 4.01. The molecule has 88 valence electrons. The number of thiophene rings is 1. The first-order valence-electron chi connectivity index (χ1n) is 5.15. The summed E-state index contributed by atoms with van der Waals surface area (Å²) >= 11 is 4.79. The van der Waals surface area contributed by atoms with E-state index in [0.29, 0.717) is 22.9 Å². The van der Waals surface area contributed by atoms with Gasteiger partial charge in [0.05, 0.1) is 0 Å². The SMILES string of the molecule is O=C(CCc1ccsc1)c1cc(F)cc(Br)c1. The molecule has 1 heterocycles. The Balaban J connectivity index is 2.04. The molecule has 4 heteroatoms. The third-order valence-electron chi connectivity index (χ3n) is 2.41. The Hall–Kier alpha value is -1.00. The van der Waals surface area contributed by atoms with Crippen molar-refractivity contribution >= 4 is 33.0 Å². The molecule has 0 aliphatic rings. The van der Waals surface area contributed by atoms with E-state index in [0.717, 1.165) is 5.56 Å². The first-order chi connectivity index (χ1) is 8.15. The molecule has 17 heavy (non-hydrogen) atoms. The van der Waals surface area contributed by atoms with E-state index >= 15 is 0 Å². The molecule has 0 amide bonds. The van der Waals surface area contributed by atoms with Gasteiger partial charge in [0, 0.05) is 16.5 Å². The summed E-state index contributed by atoms with van der Waals surface area (Å²) < 4.78 is 13.7. The molecular weight excluding hydrogens is 303 g/mol. The summed E-state index contributed by atoms with van der Waals surface area (Å²) in [4.78, 5) is 11.9. The average Bonchev–Trinajstić information content (AvgIpc) is 2.77. The van der Waals surface area contributed by atoms with Crippen LogP contribution in [0.3, 0.4) is 0 Å². The van der Waals surface area contributed by atoms with Crippen molar-refractivity contribution < 1.29 is 9.18 Å². The fourth-order valence-corrected chi connectivity index (χ4v) is 2.72. The van der Waals surface area contributed by atoms with Crippen LogP contribution in [0.2, 0.25) is 0 Å². The van der Waals surface area contributed by atoms with E-state index in [4.69, 9.17) is 0 Å². The number of hydrogen-bond acceptors (Lipinski definition) is 2. The Bertz CT molecular complexity index is 502. The van der Waals surface area contributed by atoms with Crippen molar-refractivity contribution in [3.05, 3.63) is 56.4 Å². The number of carbonyl (C=O) groups excluding carboxylic acids is 1. The summed E-state index contributed by atoms with van der Waals surface area (Å²) in [5.74, 6) is -0.422. The van der Waals surface area contributed by atoms with Crippen LogP contribution in [0.5, 0.6) is 0 Å². The predicted molar refractivity (Wildman–Crippen MR) is 71.1 cm³/mol. The van der Waals surface area contributed by atoms with Crippen molar-refractivity contribution in [3.63, 3.8) is 0 Å². The van der Waals surface area contributed by atoms with Crippen LogP contribution in [0, 0.1) is 5.82 Å². The van der Waals surface area contributed by atoms with Gasteiger partial charge in [0.2, 0.25) is 0 Å². The number of carbonyl (C=O) groups is 1. The van der Waals surface area contributed by atoms with E-state index in [9.17, 15) is 9.18 Å². The van der Waals surface area contributed by atoms with Crippen LogP contribution < -0.4 is 0 Å². The van der Waals surface area contributed by atoms with Crippen LogP contribution in [0.1, 0.15) is 22.3 Å². The maximum Gasteiger partial charge on any atom is 0.163 e. The zero-order valence-corrected chi connectivity index (χ0v) is 11.4. The molecule has 0 aliphatic heterocycles. The number of benzene rings is 1. The molecule has 2 rings (SSSR count). The standard InChI is InChI=1S/C13H10BrFOS/c14-11-5-10(6-12(15)7-11)13(16)2-1-9-3-4-17-8-9/h3-8H,1-2H2. The van der Waals surface area contributed by atoms with Crippen molar-refractivity contribution in [3.8, 4) is 0 Å². The first-order valence-corrected chi connectivity index (χ1v) is 6.89. The summed E-state index contributed by atoms with van der Waals surface area (Å²) in [5.41, 5.74) is 1.57. The van der Waals surface area contributed by atoms with Gasteiger partial charge in [-0.1, -0.05) is 15.9 Å². The van der Waals surface area contributed by atoms with Gasteiger partial charge >= 0.3 is 0 Å². The van der Waals surface area contributed by atoms with Crippen molar-refractivity contribution in [2.24, 2.45) is 0 Å². The molecule has 0 N–H and O–H groups in total. The molecule has 0 spiro atoms. The molecule has 0 bridgehead atoms. The molecule has 0 aliphatic carbocycles. The van der Waals surface area contributed by atoms with Crippen molar-refractivity contribution in [2.45, 2.75) is 12.8 Å².